The third-order valence-corrected chi connectivity index (χ3v) is 4.28. The zero-order chi connectivity index (χ0) is 17.4. The lowest BCUT2D eigenvalue weighted by Crippen LogP contribution is -2.26. The van der Waals surface area contributed by atoms with Gasteiger partial charge < -0.3 is 14.4 Å². The molecule has 1 amide bonds. The van der Waals surface area contributed by atoms with Gasteiger partial charge in [0.2, 0.25) is 6.79 Å². The Balaban J connectivity index is 1.62. The molecule has 0 aliphatic carbocycles. The Morgan fingerprint density at radius 1 is 1.20 bits per heavy atom. The predicted molar refractivity (Wildman–Crippen MR) is 90.8 cm³/mol. The van der Waals surface area contributed by atoms with Crippen molar-refractivity contribution in [2.24, 2.45) is 0 Å². The molecule has 0 N–H and O–H groups in total. The van der Waals surface area contributed by atoms with Crippen LogP contribution in [0.5, 0.6) is 11.5 Å². The minimum Gasteiger partial charge on any atom is -0.454 e. The molecule has 0 saturated heterocycles. The third-order valence-electron chi connectivity index (χ3n) is 4.28. The summed E-state index contributed by atoms with van der Waals surface area (Å²) in [5.74, 6) is 0.560. The summed E-state index contributed by atoms with van der Waals surface area (Å²) in [5, 5.41) is 11.3. The van der Waals surface area contributed by atoms with Crippen molar-refractivity contribution in [3.8, 4) is 11.5 Å². The zero-order valence-electron chi connectivity index (χ0n) is 13.2. The summed E-state index contributed by atoms with van der Waals surface area (Å²) in [4.78, 5) is 24.9. The van der Waals surface area contributed by atoms with Crippen LogP contribution in [0.15, 0.2) is 42.5 Å². The number of para-hydroxylation sites is 1. The molecule has 2 heterocycles. The number of ether oxygens (including phenoxy) is 2. The van der Waals surface area contributed by atoms with Gasteiger partial charge in [0.1, 0.15) is 0 Å². The van der Waals surface area contributed by atoms with E-state index in [-0.39, 0.29) is 18.4 Å². The number of amides is 1. The highest BCUT2D eigenvalue weighted by Crippen LogP contribution is 2.38. The summed E-state index contributed by atoms with van der Waals surface area (Å²) >= 11 is 0. The summed E-state index contributed by atoms with van der Waals surface area (Å²) in [6.07, 6.45) is 3.61. The molecule has 2 aliphatic heterocycles. The second-order valence-electron chi connectivity index (χ2n) is 5.72. The average molecular weight is 338 g/mol. The molecule has 2 aromatic rings. The fraction of sp³-hybridized carbons (Fsp3) is 0.167. The maximum Gasteiger partial charge on any atom is 0.280 e. The highest BCUT2D eigenvalue weighted by Gasteiger charge is 2.24. The number of nitro benzene ring substituents is 1. The van der Waals surface area contributed by atoms with Crippen molar-refractivity contribution < 1.29 is 19.2 Å². The molecule has 0 radical (unpaired) electrons. The number of carbonyl (C=O) groups is 1. The summed E-state index contributed by atoms with van der Waals surface area (Å²) < 4.78 is 10.4. The van der Waals surface area contributed by atoms with Gasteiger partial charge in [-0.25, -0.2) is 0 Å². The average Bonchev–Trinajstić information content (AvgIpc) is 3.24. The lowest BCUT2D eigenvalue weighted by atomic mass is 10.1. The van der Waals surface area contributed by atoms with Crippen LogP contribution in [0.4, 0.5) is 11.4 Å². The van der Waals surface area contributed by atoms with Crippen molar-refractivity contribution in [1.29, 1.82) is 0 Å². The van der Waals surface area contributed by atoms with Gasteiger partial charge in [-0.05, 0) is 30.2 Å². The molecule has 0 spiro atoms. The smallest absolute Gasteiger partial charge is 0.280 e. The number of rotatable bonds is 3. The van der Waals surface area contributed by atoms with E-state index in [1.165, 1.54) is 24.3 Å². The predicted octanol–water partition coefficient (Wildman–Crippen LogP) is 2.93. The number of nitro groups is 1. The van der Waals surface area contributed by atoms with Gasteiger partial charge in [0, 0.05) is 18.3 Å². The Kier molecular flexibility index (Phi) is 3.61. The fourth-order valence-corrected chi connectivity index (χ4v) is 3.06. The number of carbonyl (C=O) groups excluding carboxylic acids is 1. The van der Waals surface area contributed by atoms with Crippen molar-refractivity contribution in [2.75, 3.05) is 18.2 Å². The van der Waals surface area contributed by atoms with Crippen molar-refractivity contribution in [3.63, 3.8) is 0 Å². The Morgan fingerprint density at radius 3 is 2.76 bits per heavy atom. The lowest BCUT2D eigenvalue weighted by molar-refractivity contribution is -0.385. The van der Waals surface area contributed by atoms with Gasteiger partial charge in [0.15, 0.2) is 11.5 Å². The molecule has 2 aliphatic rings. The second-order valence-corrected chi connectivity index (χ2v) is 5.72. The van der Waals surface area contributed by atoms with Crippen LogP contribution in [-0.2, 0) is 11.2 Å². The van der Waals surface area contributed by atoms with Crippen molar-refractivity contribution >= 4 is 23.4 Å². The molecular formula is C18H14N2O5. The minimum atomic E-state index is -0.503. The molecule has 0 aromatic heterocycles. The minimum absolute atomic E-state index is 0.0309. The molecule has 0 saturated carbocycles. The van der Waals surface area contributed by atoms with Crippen LogP contribution in [0.2, 0.25) is 0 Å². The van der Waals surface area contributed by atoms with Crippen LogP contribution in [-0.4, -0.2) is 24.2 Å². The number of hydrogen-bond donors (Lipinski definition) is 0. The maximum atomic E-state index is 12.5. The Bertz CT molecular complexity index is 906. The van der Waals surface area contributed by atoms with Crippen molar-refractivity contribution in [3.05, 3.63) is 63.7 Å². The van der Waals surface area contributed by atoms with Gasteiger partial charge in [-0.15, -0.1) is 0 Å². The Hall–Kier alpha value is -3.35. The third kappa shape index (κ3) is 2.69. The van der Waals surface area contributed by atoms with Gasteiger partial charge in [-0.2, -0.15) is 0 Å². The zero-order valence-corrected chi connectivity index (χ0v) is 13.2. The van der Waals surface area contributed by atoms with E-state index in [1.807, 2.05) is 24.3 Å². The van der Waals surface area contributed by atoms with Crippen LogP contribution in [0.1, 0.15) is 11.1 Å². The lowest BCUT2D eigenvalue weighted by Gasteiger charge is -2.14. The van der Waals surface area contributed by atoms with Gasteiger partial charge in [-0.3, -0.25) is 14.9 Å². The molecule has 25 heavy (non-hydrogen) atoms. The first kappa shape index (κ1) is 15.2. The maximum absolute atomic E-state index is 12.5. The van der Waals surface area contributed by atoms with Crippen LogP contribution in [0.3, 0.4) is 0 Å². The monoisotopic (exact) mass is 338 g/mol. The SMILES string of the molecule is O=C(C=Cc1cc2c(cc1[N+](=O)[O-])OCO2)N1CCc2ccccc21. The second kappa shape index (κ2) is 5.94. The van der Waals surface area contributed by atoms with E-state index in [2.05, 4.69) is 0 Å². The normalized spacial score (nSPS) is 14.8. The summed E-state index contributed by atoms with van der Waals surface area (Å²) in [6.45, 7) is 0.634. The highest BCUT2D eigenvalue weighted by atomic mass is 16.7. The van der Waals surface area contributed by atoms with Crippen molar-refractivity contribution in [1.82, 2.24) is 0 Å². The molecule has 7 nitrogen and oxygen atoms in total. The van der Waals surface area contributed by atoms with Crippen molar-refractivity contribution in [2.45, 2.75) is 6.42 Å². The van der Waals surface area contributed by atoms with E-state index in [4.69, 9.17) is 9.47 Å². The van der Waals surface area contributed by atoms with E-state index < -0.39 is 4.92 Å². The van der Waals surface area contributed by atoms with Crippen LogP contribution >= 0.6 is 0 Å². The van der Waals surface area contributed by atoms with Gasteiger partial charge in [-0.1, -0.05) is 18.2 Å². The largest absolute Gasteiger partial charge is 0.454 e. The van der Waals surface area contributed by atoms with Crippen LogP contribution in [0.25, 0.3) is 6.08 Å². The number of fused-ring (bicyclic) bond motifs is 2. The molecular weight excluding hydrogens is 324 g/mol. The standard InChI is InChI=1S/C18H14N2O5/c21-18(19-8-7-12-3-1-2-4-14(12)19)6-5-13-9-16-17(25-11-24-16)10-15(13)20(22)23/h1-6,9-10H,7-8,11H2. The van der Waals surface area contributed by atoms with E-state index in [0.29, 0.717) is 23.6 Å². The molecule has 4 rings (SSSR count). The van der Waals surface area contributed by atoms with E-state index in [1.54, 1.807) is 4.90 Å². The van der Waals surface area contributed by atoms with E-state index in [9.17, 15) is 14.9 Å². The van der Waals surface area contributed by atoms with Gasteiger partial charge in [0.05, 0.1) is 16.6 Å². The van der Waals surface area contributed by atoms with E-state index >= 15 is 0 Å². The molecule has 0 unspecified atom stereocenters. The Morgan fingerprint density at radius 2 is 1.96 bits per heavy atom. The van der Waals surface area contributed by atoms with Gasteiger partial charge >= 0.3 is 0 Å². The molecule has 0 atom stereocenters. The number of hydrogen-bond acceptors (Lipinski definition) is 5. The molecule has 7 heteroatoms. The molecule has 126 valence electrons. The number of benzene rings is 2. The molecule has 0 fully saturated rings. The summed E-state index contributed by atoms with van der Waals surface area (Å²) in [7, 11) is 0. The molecule has 0 bridgehead atoms. The first-order chi connectivity index (χ1) is 12.1. The van der Waals surface area contributed by atoms with E-state index in [0.717, 1.165) is 17.7 Å². The van der Waals surface area contributed by atoms with Gasteiger partial charge in [0.25, 0.3) is 11.6 Å². The topological polar surface area (TPSA) is 81.9 Å². The van der Waals surface area contributed by atoms with Crippen LogP contribution in [0, 0.1) is 10.1 Å². The Labute approximate surface area is 143 Å². The summed E-state index contributed by atoms with van der Waals surface area (Å²) in [6, 6.07) is 10.6. The number of nitrogens with zero attached hydrogens (tertiary/aromatic N) is 2. The highest BCUT2D eigenvalue weighted by molar-refractivity contribution is 6.05. The summed E-state index contributed by atoms with van der Waals surface area (Å²) in [5.41, 5.74) is 2.18. The first-order valence-electron chi connectivity index (χ1n) is 7.79. The number of anilines is 1. The first-order valence-corrected chi connectivity index (χ1v) is 7.79. The fourth-order valence-electron chi connectivity index (χ4n) is 3.06. The molecule has 2 aromatic carbocycles. The van der Waals surface area contributed by atoms with Crippen LogP contribution < -0.4 is 14.4 Å². The quantitative estimate of drug-likeness (QED) is 0.488.